The minimum absolute atomic E-state index is 0.0242. The van der Waals surface area contributed by atoms with Crippen LogP contribution < -0.4 is 0 Å². The van der Waals surface area contributed by atoms with E-state index in [-0.39, 0.29) is 12.5 Å². The zero-order valence-electron chi connectivity index (χ0n) is 7.91. The predicted octanol–water partition coefficient (Wildman–Crippen LogP) is 0.428. The van der Waals surface area contributed by atoms with Crippen molar-refractivity contribution in [1.29, 1.82) is 0 Å². The number of carboxylic acids is 1. The SMILES string of the molecule is CO[C@H](CCC(=O)O)CN(C)C. The lowest BCUT2D eigenvalue weighted by Gasteiger charge is -2.18. The van der Waals surface area contributed by atoms with Gasteiger partial charge in [-0.3, -0.25) is 4.79 Å². The van der Waals surface area contributed by atoms with Gasteiger partial charge in [-0.05, 0) is 20.5 Å². The van der Waals surface area contributed by atoms with Crippen LogP contribution >= 0.6 is 0 Å². The van der Waals surface area contributed by atoms with E-state index in [9.17, 15) is 4.79 Å². The number of likely N-dealkylation sites (N-methyl/N-ethyl adjacent to an activating group) is 1. The van der Waals surface area contributed by atoms with Crippen LogP contribution in [-0.4, -0.2) is 49.8 Å². The molecule has 0 rings (SSSR count). The largest absolute Gasteiger partial charge is 0.481 e. The topological polar surface area (TPSA) is 49.8 Å². The van der Waals surface area contributed by atoms with Gasteiger partial charge in [-0.25, -0.2) is 0 Å². The molecule has 0 aliphatic carbocycles. The third-order valence-electron chi connectivity index (χ3n) is 1.58. The van der Waals surface area contributed by atoms with Crippen molar-refractivity contribution in [1.82, 2.24) is 4.90 Å². The summed E-state index contributed by atoms with van der Waals surface area (Å²) < 4.78 is 5.11. The van der Waals surface area contributed by atoms with Gasteiger partial charge in [-0.1, -0.05) is 0 Å². The summed E-state index contributed by atoms with van der Waals surface area (Å²) in [4.78, 5) is 12.2. The Kier molecular flexibility index (Phi) is 5.66. The van der Waals surface area contributed by atoms with Gasteiger partial charge in [0.05, 0.1) is 6.10 Å². The lowest BCUT2D eigenvalue weighted by Crippen LogP contribution is -2.28. The third-order valence-corrected chi connectivity index (χ3v) is 1.58. The number of methoxy groups -OCH3 is 1. The summed E-state index contributed by atoms with van der Waals surface area (Å²) in [5.74, 6) is -0.768. The number of hydrogen-bond donors (Lipinski definition) is 1. The quantitative estimate of drug-likeness (QED) is 0.636. The maximum atomic E-state index is 10.2. The molecule has 1 atom stereocenters. The average molecular weight is 175 g/mol. The molecular weight excluding hydrogens is 158 g/mol. The number of ether oxygens (including phenoxy) is 1. The molecule has 0 aliphatic rings. The molecule has 12 heavy (non-hydrogen) atoms. The smallest absolute Gasteiger partial charge is 0.303 e. The molecule has 0 saturated heterocycles. The van der Waals surface area contributed by atoms with Gasteiger partial charge >= 0.3 is 5.97 Å². The maximum absolute atomic E-state index is 10.2. The Morgan fingerprint density at radius 3 is 2.50 bits per heavy atom. The number of nitrogens with zero attached hydrogens (tertiary/aromatic N) is 1. The molecule has 0 aromatic heterocycles. The summed E-state index contributed by atoms with van der Waals surface area (Å²) in [6.45, 7) is 0.768. The number of aliphatic carboxylic acids is 1. The molecule has 0 bridgehead atoms. The second kappa shape index (κ2) is 5.97. The highest BCUT2D eigenvalue weighted by Gasteiger charge is 2.10. The van der Waals surface area contributed by atoms with Crippen molar-refractivity contribution in [2.75, 3.05) is 27.7 Å². The molecule has 0 fully saturated rings. The number of hydrogen-bond acceptors (Lipinski definition) is 3. The van der Waals surface area contributed by atoms with Crippen LogP contribution in [0.5, 0.6) is 0 Å². The maximum Gasteiger partial charge on any atom is 0.303 e. The molecule has 0 aromatic rings. The van der Waals surface area contributed by atoms with Crippen LogP contribution in [0.3, 0.4) is 0 Å². The molecule has 0 aliphatic heterocycles. The first-order valence-electron chi connectivity index (χ1n) is 3.95. The lowest BCUT2D eigenvalue weighted by molar-refractivity contribution is -0.137. The molecule has 0 radical (unpaired) electrons. The first-order chi connectivity index (χ1) is 5.56. The fraction of sp³-hybridized carbons (Fsp3) is 0.875. The lowest BCUT2D eigenvalue weighted by atomic mass is 10.2. The zero-order chi connectivity index (χ0) is 9.56. The van der Waals surface area contributed by atoms with Crippen molar-refractivity contribution in [2.45, 2.75) is 18.9 Å². The summed E-state index contributed by atoms with van der Waals surface area (Å²) in [6.07, 6.45) is 0.771. The van der Waals surface area contributed by atoms with Crippen molar-refractivity contribution >= 4 is 5.97 Å². The Morgan fingerprint density at radius 1 is 1.58 bits per heavy atom. The minimum Gasteiger partial charge on any atom is -0.481 e. The van der Waals surface area contributed by atoms with Gasteiger partial charge in [0.1, 0.15) is 0 Å². The Morgan fingerprint density at radius 2 is 2.17 bits per heavy atom. The zero-order valence-corrected chi connectivity index (χ0v) is 7.91. The highest BCUT2D eigenvalue weighted by molar-refractivity contribution is 5.66. The van der Waals surface area contributed by atoms with Crippen LogP contribution in [0.15, 0.2) is 0 Å². The summed E-state index contributed by atoms with van der Waals surface area (Å²) in [7, 11) is 5.48. The highest BCUT2D eigenvalue weighted by atomic mass is 16.5. The van der Waals surface area contributed by atoms with Gasteiger partial charge in [0.25, 0.3) is 0 Å². The number of carboxylic acid groups (broad SMARTS) is 1. The minimum atomic E-state index is -0.768. The Bertz CT molecular complexity index is 136. The molecule has 0 unspecified atom stereocenters. The van der Waals surface area contributed by atoms with Crippen molar-refractivity contribution in [3.63, 3.8) is 0 Å². The molecule has 0 saturated carbocycles. The Balaban J connectivity index is 3.60. The molecule has 4 heteroatoms. The van der Waals surface area contributed by atoms with Gasteiger partial charge in [0.15, 0.2) is 0 Å². The fourth-order valence-electron chi connectivity index (χ4n) is 0.975. The molecule has 0 spiro atoms. The molecule has 72 valence electrons. The summed E-state index contributed by atoms with van der Waals surface area (Å²) in [6, 6.07) is 0. The summed E-state index contributed by atoms with van der Waals surface area (Å²) in [5, 5.41) is 8.42. The van der Waals surface area contributed by atoms with Crippen molar-refractivity contribution in [2.24, 2.45) is 0 Å². The molecule has 4 nitrogen and oxygen atoms in total. The van der Waals surface area contributed by atoms with Gasteiger partial charge in [-0.15, -0.1) is 0 Å². The molecule has 0 amide bonds. The van der Waals surface area contributed by atoms with E-state index in [2.05, 4.69) is 0 Å². The Hall–Kier alpha value is -0.610. The predicted molar refractivity (Wildman–Crippen MR) is 46.2 cm³/mol. The molecule has 0 aromatic carbocycles. The van der Waals surface area contributed by atoms with Crippen LogP contribution in [0.2, 0.25) is 0 Å². The van der Waals surface area contributed by atoms with E-state index in [0.29, 0.717) is 6.42 Å². The van der Waals surface area contributed by atoms with Crippen molar-refractivity contribution in [3.05, 3.63) is 0 Å². The fourth-order valence-corrected chi connectivity index (χ4v) is 0.975. The number of rotatable bonds is 6. The highest BCUT2D eigenvalue weighted by Crippen LogP contribution is 2.02. The second-order valence-electron chi connectivity index (χ2n) is 3.05. The van der Waals surface area contributed by atoms with E-state index in [1.54, 1.807) is 7.11 Å². The van der Waals surface area contributed by atoms with E-state index in [0.717, 1.165) is 6.54 Å². The van der Waals surface area contributed by atoms with Gasteiger partial charge < -0.3 is 14.7 Å². The van der Waals surface area contributed by atoms with Crippen LogP contribution in [0.1, 0.15) is 12.8 Å². The average Bonchev–Trinajstić information content (AvgIpc) is 1.97. The van der Waals surface area contributed by atoms with Gasteiger partial charge in [0.2, 0.25) is 0 Å². The summed E-state index contributed by atoms with van der Waals surface area (Å²) >= 11 is 0. The van der Waals surface area contributed by atoms with Crippen LogP contribution in [0.4, 0.5) is 0 Å². The molecular formula is C8H17NO3. The van der Waals surface area contributed by atoms with Crippen molar-refractivity contribution in [3.8, 4) is 0 Å². The first-order valence-corrected chi connectivity index (χ1v) is 3.95. The van der Waals surface area contributed by atoms with Crippen molar-refractivity contribution < 1.29 is 14.6 Å². The van der Waals surface area contributed by atoms with E-state index in [4.69, 9.17) is 9.84 Å². The van der Waals surface area contributed by atoms with E-state index in [1.165, 1.54) is 0 Å². The normalized spacial score (nSPS) is 13.3. The second-order valence-corrected chi connectivity index (χ2v) is 3.05. The van der Waals surface area contributed by atoms with E-state index < -0.39 is 5.97 Å². The monoisotopic (exact) mass is 175 g/mol. The summed E-state index contributed by atoms with van der Waals surface area (Å²) in [5.41, 5.74) is 0. The van der Waals surface area contributed by atoms with E-state index >= 15 is 0 Å². The van der Waals surface area contributed by atoms with Crippen LogP contribution in [-0.2, 0) is 9.53 Å². The van der Waals surface area contributed by atoms with Gasteiger partial charge in [0, 0.05) is 20.1 Å². The Labute approximate surface area is 73.1 Å². The van der Waals surface area contributed by atoms with Gasteiger partial charge in [-0.2, -0.15) is 0 Å². The van der Waals surface area contributed by atoms with E-state index in [1.807, 2.05) is 19.0 Å². The first kappa shape index (κ1) is 11.4. The van der Waals surface area contributed by atoms with Crippen LogP contribution in [0.25, 0.3) is 0 Å². The van der Waals surface area contributed by atoms with Crippen LogP contribution in [0, 0.1) is 0 Å². The number of carbonyl (C=O) groups is 1. The molecule has 1 N–H and O–H groups in total. The molecule has 0 heterocycles. The standard InChI is InChI=1S/C8H17NO3/c1-9(2)6-7(12-3)4-5-8(10)11/h7H,4-6H2,1-3H3,(H,10,11)/t7-/m1/s1. The third kappa shape index (κ3) is 6.12.